The smallest absolute Gasteiger partial charge is 0.226 e. The molecule has 4 nitrogen and oxygen atoms in total. The van der Waals surface area contributed by atoms with Crippen LogP contribution in [-0.4, -0.2) is 49.6 Å². The second kappa shape index (κ2) is 6.90. The van der Waals surface area contributed by atoms with Crippen molar-refractivity contribution in [1.82, 2.24) is 15.5 Å². The summed E-state index contributed by atoms with van der Waals surface area (Å²) in [4.78, 5) is 14.9. The van der Waals surface area contributed by atoms with Crippen LogP contribution in [0.5, 0.6) is 0 Å². The molecule has 116 valence electrons. The molecule has 0 aromatic carbocycles. The van der Waals surface area contributed by atoms with Gasteiger partial charge in [-0.2, -0.15) is 0 Å². The Morgan fingerprint density at radius 3 is 2.65 bits per heavy atom. The second-order valence-corrected chi connectivity index (χ2v) is 6.88. The number of piperidine rings is 1. The Labute approximate surface area is 123 Å². The van der Waals surface area contributed by atoms with Crippen molar-refractivity contribution in [2.45, 2.75) is 52.5 Å². The summed E-state index contributed by atoms with van der Waals surface area (Å²) in [6.45, 7) is 11.3. The van der Waals surface area contributed by atoms with E-state index in [2.05, 4.69) is 36.3 Å². The number of amides is 1. The van der Waals surface area contributed by atoms with E-state index in [9.17, 15) is 4.79 Å². The summed E-state index contributed by atoms with van der Waals surface area (Å²) < 4.78 is 0. The first-order chi connectivity index (χ1) is 9.55. The van der Waals surface area contributed by atoms with Crippen molar-refractivity contribution in [3.8, 4) is 0 Å². The van der Waals surface area contributed by atoms with Crippen LogP contribution in [0, 0.1) is 11.3 Å². The molecular weight excluding hydrogens is 250 g/mol. The number of carbonyl (C=O) groups excluding carboxylic acids is 1. The predicted molar refractivity (Wildman–Crippen MR) is 82.7 cm³/mol. The Bertz CT molecular complexity index is 320. The fourth-order valence-corrected chi connectivity index (χ4v) is 3.23. The van der Waals surface area contributed by atoms with Crippen LogP contribution in [0.4, 0.5) is 0 Å². The molecule has 2 rings (SSSR count). The quantitative estimate of drug-likeness (QED) is 0.745. The Hall–Kier alpha value is -0.610. The lowest BCUT2D eigenvalue weighted by Crippen LogP contribution is -2.48. The third kappa shape index (κ3) is 3.95. The fourth-order valence-electron chi connectivity index (χ4n) is 3.23. The minimum absolute atomic E-state index is 0.220. The van der Waals surface area contributed by atoms with E-state index < -0.39 is 0 Å². The highest BCUT2D eigenvalue weighted by Crippen LogP contribution is 2.32. The van der Waals surface area contributed by atoms with Gasteiger partial charge in [-0.05, 0) is 51.2 Å². The lowest BCUT2D eigenvalue weighted by Gasteiger charge is -2.36. The van der Waals surface area contributed by atoms with Gasteiger partial charge in [0.05, 0.1) is 0 Å². The summed E-state index contributed by atoms with van der Waals surface area (Å²) in [6, 6.07) is 0.785. The molecule has 1 saturated carbocycles. The number of carbonyl (C=O) groups is 1. The Morgan fingerprint density at radius 1 is 1.35 bits per heavy atom. The molecule has 4 heteroatoms. The lowest BCUT2D eigenvalue weighted by molar-refractivity contribution is -0.132. The number of nitrogens with zero attached hydrogens (tertiary/aromatic N) is 1. The van der Waals surface area contributed by atoms with Gasteiger partial charge in [0.15, 0.2) is 0 Å². The highest BCUT2D eigenvalue weighted by atomic mass is 16.2. The molecule has 0 aromatic heterocycles. The van der Waals surface area contributed by atoms with Crippen molar-refractivity contribution in [3.63, 3.8) is 0 Å². The van der Waals surface area contributed by atoms with Gasteiger partial charge in [-0.25, -0.2) is 0 Å². The first-order valence-corrected chi connectivity index (χ1v) is 8.28. The SMILES string of the molecule is CCN(CCNC(=O)C(C)(C)C1CCCNC1)C1CC1. The van der Waals surface area contributed by atoms with Crippen LogP contribution in [0.1, 0.15) is 46.5 Å². The summed E-state index contributed by atoms with van der Waals surface area (Å²) in [6.07, 6.45) is 5.02. The molecule has 1 unspecified atom stereocenters. The van der Waals surface area contributed by atoms with E-state index in [4.69, 9.17) is 0 Å². The maximum absolute atomic E-state index is 12.5. The molecule has 1 amide bonds. The van der Waals surface area contributed by atoms with E-state index in [1.807, 2.05) is 0 Å². The van der Waals surface area contributed by atoms with Crippen LogP contribution in [0.3, 0.4) is 0 Å². The Kier molecular flexibility index (Phi) is 5.44. The van der Waals surface area contributed by atoms with Gasteiger partial charge in [-0.15, -0.1) is 0 Å². The highest BCUT2D eigenvalue weighted by Gasteiger charge is 2.37. The molecule has 0 spiro atoms. The third-order valence-electron chi connectivity index (χ3n) is 5.06. The van der Waals surface area contributed by atoms with Gasteiger partial charge in [0.2, 0.25) is 5.91 Å². The fraction of sp³-hybridized carbons (Fsp3) is 0.938. The number of likely N-dealkylation sites (N-methyl/N-ethyl adjacent to an activating group) is 1. The van der Waals surface area contributed by atoms with Crippen LogP contribution < -0.4 is 10.6 Å². The largest absolute Gasteiger partial charge is 0.354 e. The van der Waals surface area contributed by atoms with E-state index >= 15 is 0 Å². The zero-order valence-corrected chi connectivity index (χ0v) is 13.4. The van der Waals surface area contributed by atoms with E-state index in [1.165, 1.54) is 19.3 Å². The van der Waals surface area contributed by atoms with Gasteiger partial charge < -0.3 is 10.6 Å². The summed E-state index contributed by atoms with van der Waals surface area (Å²) >= 11 is 0. The Morgan fingerprint density at radius 2 is 2.10 bits per heavy atom. The molecule has 0 bridgehead atoms. The van der Waals surface area contributed by atoms with Crippen LogP contribution in [0.15, 0.2) is 0 Å². The van der Waals surface area contributed by atoms with E-state index in [0.29, 0.717) is 5.92 Å². The number of nitrogens with one attached hydrogen (secondary N) is 2. The molecule has 2 fully saturated rings. The van der Waals surface area contributed by atoms with Gasteiger partial charge in [-0.3, -0.25) is 9.69 Å². The monoisotopic (exact) mass is 281 g/mol. The summed E-state index contributed by atoms with van der Waals surface area (Å²) in [5, 5.41) is 6.57. The van der Waals surface area contributed by atoms with Crippen LogP contribution >= 0.6 is 0 Å². The molecule has 1 aliphatic heterocycles. The van der Waals surface area contributed by atoms with Gasteiger partial charge in [0, 0.05) is 24.5 Å². The zero-order chi connectivity index (χ0) is 14.6. The predicted octanol–water partition coefficient (Wildman–Crippen LogP) is 1.61. The topological polar surface area (TPSA) is 44.4 Å². The first kappa shape index (κ1) is 15.8. The Balaban J connectivity index is 1.74. The van der Waals surface area contributed by atoms with Crippen molar-refractivity contribution >= 4 is 5.91 Å². The molecule has 1 atom stereocenters. The van der Waals surface area contributed by atoms with Crippen molar-refractivity contribution in [2.24, 2.45) is 11.3 Å². The molecule has 2 aliphatic rings. The van der Waals surface area contributed by atoms with Gasteiger partial charge >= 0.3 is 0 Å². The van der Waals surface area contributed by atoms with E-state index in [1.54, 1.807) is 0 Å². The number of hydrogen-bond acceptors (Lipinski definition) is 3. The maximum atomic E-state index is 12.5. The van der Waals surface area contributed by atoms with Crippen molar-refractivity contribution in [3.05, 3.63) is 0 Å². The van der Waals surface area contributed by atoms with Crippen molar-refractivity contribution in [2.75, 3.05) is 32.7 Å². The number of rotatable bonds is 7. The molecule has 1 heterocycles. The standard InChI is InChI=1S/C16H31N3O/c1-4-19(14-7-8-14)11-10-18-15(20)16(2,3)13-6-5-9-17-12-13/h13-14,17H,4-12H2,1-3H3,(H,18,20). The normalized spacial score (nSPS) is 23.9. The van der Waals surface area contributed by atoms with Crippen molar-refractivity contribution < 1.29 is 4.79 Å². The van der Waals surface area contributed by atoms with Gasteiger partial charge in [0.25, 0.3) is 0 Å². The second-order valence-electron chi connectivity index (χ2n) is 6.88. The van der Waals surface area contributed by atoms with Crippen LogP contribution in [-0.2, 0) is 4.79 Å². The molecule has 1 aliphatic carbocycles. The minimum atomic E-state index is -0.260. The summed E-state index contributed by atoms with van der Waals surface area (Å²) in [5.74, 6) is 0.681. The van der Waals surface area contributed by atoms with E-state index in [0.717, 1.165) is 45.2 Å². The molecular formula is C16H31N3O. The first-order valence-electron chi connectivity index (χ1n) is 8.28. The zero-order valence-electron chi connectivity index (χ0n) is 13.4. The summed E-state index contributed by atoms with van der Waals surface area (Å²) in [5.41, 5.74) is -0.260. The average Bonchev–Trinajstić information content (AvgIpc) is 3.29. The molecule has 1 saturated heterocycles. The third-order valence-corrected chi connectivity index (χ3v) is 5.06. The molecule has 0 radical (unpaired) electrons. The van der Waals surface area contributed by atoms with Gasteiger partial charge in [-0.1, -0.05) is 20.8 Å². The lowest BCUT2D eigenvalue weighted by atomic mass is 9.74. The van der Waals surface area contributed by atoms with Crippen LogP contribution in [0.2, 0.25) is 0 Å². The van der Waals surface area contributed by atoms with Crippen LogP contribution in [0.25, 0.3) is 0 Å². The summed E-state index contributed by atoms with van der Waals surface area (Å²) in [7, 11) is 0. The maximum Gasteiger partial charge on any atom is 0.226 e. The van der Waals surface area contributed by atoms with Crippen molar-refractivity contribution in [1.29, 1.82) is 0 Å². The number of hydrogen-bond donors (Lipinski definition) is 2. The molecule has 0 aromatic rings. The van der Waals surface area contributed by atoms with Gasteiger partial charge in [0.1, 0.15) is 0 Å². The average molecular weight is 281 g/mol. The minimum Gasteiger partial charge on any atom is -0.354 e. The van der Waals surface area contributed by atoms with E-state index in [-0.39, 0.29) is 11.3 Å². The highest BCUT2D eigenvalue weighted by molar-refractivity contribution is 5.82. The molecule has 20 heavy (non-hydrogen) atoms. The molecule has 2 N–H and O–H groups in total.